The highest BCUT2D eigenvalue weighted by molar-refractivity contribution is 5.75. The zero-order valence-electron chi connectivity index (χ0n) is 14.3. The number of rotatable bonds is 3. The van der Waals surface area contributed by atoms with E-state index in [9.17, 15) is 9.90 Å². The van der Waals surface area contributed by atoms with E-state index in [1.54, 1.807) is 10.9 Å². The Morgan fingerprint density at radius 1 is 1.28 bits per heavy atom. The third-order valence-corrected chi connectivity index (χ3v) is 5.16. The number of nitrogens with zero attached hydrogens (tertiary/aromatic N) is 3. The van der Waals surface area contributed by atoms with Gasteiger partial charge >= 0.3 is 0 Å². The molecule has 25 heavy (non-hydrogen) atoms. The van der Waals surface area contributed by atoms with Crippen molar-refractivity contribution < 1.29 is 5.11 Å². The summed E-state index contributed by atoms with van der Waals surface area (Å²) in [6, 6.07) is 7.90. The first-order valence-electron chi connectivity index (χ1n) is 8.84. The largest absolute Gasteiger partial charge is 0.393 e. The lowest BCUT2D eigenvalue weighted by atomic mass is 9.84. The topological polar surface area (TPSA) is 83.8 Å². The molecule has 2 N–H and O–H groups in total. The summed E-state index contributed by atoms with van der Waals surface area (Å²) in [5, 5.41) is 15.1. The van der Waals surface area contributed by atoms with E-state index in [0.29, 0.717) is 23.3 Å². The predicted molar refractivity (Wildman–Crippen MR) is 95.9 cm³/mol. The van der Waals surface area contributed by atoms with Crippen LogP contribution in [0.4, 0.5) is 0 Å². The van der Waals surface area contributed by atoms with Crippen molar-refractivity contribution in [3.8, 4) is 5.69 Å². The van der Waals surface area contributed by atoms with Crippen molar-refractivity contribution in [2.75, 3.05) is 0 Å². The first-order chi connectivity index (χ1) is 12.1. The molecule has 0 saturated heterocycles. The van der Waals surface area contributed by atoms with Crippen molar-refractivity contribution in [3.63, 3.8) is 0 Å². The van der Waals surface area contributed by atoms with Crippen molar-refractivity contribution in [1.29, 1.82) is 0 Å². The molecule has 1 aliphatic carbocycles. The lowest BCUT2D eigenvalue weighted by Gasteiger charge is -2.27. The molecular weight excluding hydrogens is 316 g/mol. The smallest absolute Gasteiger partial charge is 0.262 e. The first-order valence-corrected chi connectivity index (χ1v) is 8.84. The predicted octanol–water partition coefficient (Wildman–Crippen LogP) is 2.51. The minimum Gasteiger partial charge on any atom is -0.393 e. The molecule has 2 heterocycles. The zero-order chi connectivity index (χ0) is 17.4. The number of aliphatic hydroxyl groups is 1. The van der Waals surface area contributed by atoms with Gasteiger partial charge in [-0.3, -0.25) is 4.79 Å². The summed E-state index contributed by atoms with van der Waals surface area (Å²) in [5.74, 6) is 0.781. The van der Waals surface area contributed by atoms with Gasteiger partial charge in [0, 0.05) is 6.42 Å². The summed E-state index contributed by atoms with van der Waals surface area (Å²) in [6.07, 6.45) is 5.84. The summed E-state index contributed by atoms with van der Waals surface area (Å²) >= 11 is 0. The van der Waals surface area contributed by atoms with Gasteiger partial charge in [0.25, 0.3) is 5.56 Å². The number of hydrogen-bond donors (Lipinski definition) is 2. The number of nitrogens with one attached hydrogen (secondary N) is 1. The van der Waals surface area contributed by atoms with Crippen LogP contribution in [-0.4, -0.2) is 31.0 Å². The number of para-hydroxylation sites is 1. The summed E-state index contributed by atoms with van der Waals surface area (Å²) in [5.41, 5.74) is 2.38. The van der Waals surface area contributed by atoms with Crippen LogP contribution in [0.15, 0.2) is 35.3 Å². The molecule has 0 bridgehead atoms. The lowest BCUT2D eigenvalue weighted by molar-refractivity contribution is 0.0690. The van der Waals surface area contributed by atoms with Crippen LogP contribution in [0.1, 0.15) is 37.1 Å². The average Bonchev–Trinajstić information content (AvgIpc) is 3.02. The van der Waals surface area contributed by atoms with Crippen LogP contribution < -0.4 is 5.56 Å². The average molecular weight is 338 g/mol. The number of benzene rings is 1. The van der Waals surface area contributed by atoms with Crippen molar-refractivity contribution in [2.24, 2.45) is 5.92 Å². The summed E-state index contributed by atoms with van der Waals surface area (Å²) in [7, 11) is 0. The van der Waals surface area contributed by atoms with Crippen LogP contribution >= 0.6 is 0 Å². The van der Waals surface area contributed by atoms with Crippen LogP contribution in [0, 0.1) is 12.8 Å². The van der Waals surface area contributed by atoms with Crippen LogP contribution in [-0.2, 0) is 6.42 Å². The Morgan fingerprint density at radius 2 is 2.08 bits per heavy atom. The Bertz CT molecular complexity index is 959. The van der Waals surface area contributed by atoms with E-state index in [1.807, 2.05) is 31.2 Å². The van der Waals surface area contributed by atoms with E-state index in [4.69, 9.17) is 0 Å². The number of aryl methyl sites for hydroxylation is 1. The number of H-pyrrole nitrogens is 1. The van der Waals surface area contributed by atoms with Crippen molar-refractivity contribution in [1.82, 2.24) is 19.7 Å². The van der Waals surface area contributed by atoms with Gasteiger partial charge < -0.3 is 10.1 Å². The Balaban J connectivity index is 1.77. The maximum atomic E-state index is 12.4. The number of aromatic amines is 1. The molecular formula is C19H22N4O2. The van der Waals surface area contributed by atoms with Gasteiger partial charge in [-0.15, -0.1) is 0 Å². The second kappa shape index (κ2) is 6.44. The molecule has 1 aromatic carbocycles. The van der Waals surface area contributed by atoms with E-state index in [1.165, 1.54) is 0 Å². The maximum Gasteiger partial charge on any atom is 0.262 e. The Hall–Kier alpha value is -2.47. The van der Waals surface area contributed by atoms with Crippen LogP contribution in [0.5, 0.6) is 0 Å². The minimum absolute atomic E-state index is 0.157. The molecule has 2 atom stereocenters. The molecule has 2 unspecified atom stereocenters. The highest BCUT2D eigenvalue weighted by Gasteiger charge is 2.24. The molecule has 0 amide bonds. The van der Waals surface area contributed by atoms with Crippen molar-refractivity contribution in [2.45, 2.75) is 45.1 Å². The molecule has 1 fully saturated rings. The normalized spacial score (nSPS) is 20.9. The molecule has 3 aromatic rings. The monoisotopic (exact) mass is 338 g/mol. The number of aromatic nitrogens is 4. The van der Waals surface area contributed by atoms with Gasteiger partial charge in [-0.2, -0.15) is 5.10 Å². The quantitative estimate of drug-likeness (QED) is 0.768. The van der Waals surface area contributed by atoms with Gasteiger partial charge in [0.15, 0.2) is 5.65 Å². The fourth-order valence-electron chi connectivity index (χ4n) is 3.71. The Labute approximate surface area is 145 Å². The summed E-state index contributed by atoms with van der Waals surface area (Å²) in [4.78, 5) is 20.0. The molecule has 2 aromatic heterocycles. The first kappa shape index (κ1) is 16.0. The fraction of sp³-hybridized carbons (Fsp3) is 0.421. The third kappa shape index (κ3) is 2.98. The molecule has 0 spiro atoms. The van der Waals surface area contributed by atoms with Crippen molar-refractivity contribution in [3.05, 3.63) is 52.2 Å². The number of aliphatic hydroxyl groups excluding tert-OH is 1. The molecule has 0 aliphatic heterocycles. The molecule has 6 heteroatoms. The van der Waals surface area contributed by atoms with Crippen LogP contribution in [0.2, 0.25) is 0 Å². The SMILES string of the molecule is Cc1ccccc1-n1ncc2c(=O)[nH]c(CC3CCCCC3O)nc21. The van der Waals surface area contributed by atoms with Crippen LogP contribution in [0.25, 0.3) is 16.7 Å². The van der Waals surface area contributed by atoms with Gasteiger partial charge in [-0.25, -0.2) is 9.67 Å². The molecule has 130 valence electrons. The van der Waals surface area contributed by atoms with E-state index in [-0.39, 0.29) is 17.6 Å². The summed E-state index contributed by atoms with van der Waals surface area (Å²) in [6.45, 7) is 2.01. The number of fused-ring (bicyclic) bond motifs is 1. The van der Waals surface area contributed by atoms with Gasteiger partial charge in [0.05, 0.1) is 18.0 Å². The maximum absolute atomic E-state index is 12.4. The second-order valence-electron chi connectivity index (χ2n) is 6.91. The standard InChI is InChI=1S/C19H22N4O2/c1-12-6-2-4-8-15(12)23-18-14(11-20-23)19(25)22-17(21-18)10-13-7-3-5-9-16(13)24/h2,4,6,8,11,13,16,24H,3,5,7,9-10H2,1H3,(H,21,22,25). The lowest BCUT2D eigenvalue weighted by Crippen LogP contribution is -2.27. The fourth-order valence-corrected chi connectivity index (χ4v) is 3.71. The van der Waals surface area contributed by atoms with Crippen LogP contribution in [0.3, 0.4) is 0 Å². The van der Waals surface area contributed by atoms with E-state index in [0.717, 1.165) is 36.9 Å². The molecule has 4 rings (SSSR count). The minimum atomic E-state index is -0.309. The molecule has 0 radical (unpaired) electrons. The zero-order valence-corrected chi connectivity index (χ0v) is 14.3. The van der Waals surface area contributed by atoms with Gasteiger partial charge in [0.1, 0.15) is 11.2 Å². The van der Waals surface area contributed by atoms with E-state index >= 15 is 0 Å². The summed E-state index contributed by atoms with van der Waals surface area (Å²) < 4.78 is 1.72. The molecule has 6 nitrogen and oxygen atoms in total. The highest BCUT2D eigenvalue weighted by Crippen LogP contribution is 2.27. The van der Waals surface area contributed by atoms with Gasteiger partial charge in [0.2, 0.25) is 0 Å². The number of hydrogen-bond acceptors (Lipinski definition) is 4. The Morgan fingerprint density at radius 3 is 2.88 bits per heavy atom. The van der Waals surface area contributed by atoms with E-state index in [2.05, 4.69) is 15.1 Å². The van der Waals surface area contributed by atoms with Crippen molar-refractivity contribution >= 4 is 11.0 Å². The van der Waals surface area contributed by atoms with Gasteiger partial charge in [-0.05, 0) is 37.3 Å². The molecule has 1 aliphatic rings. The third-order valence-electron chi connectivity index (χ3n) is 5.16. The van der Waals surface area contributed by atoms with Gasteiger partial charge in [-0.1, -0.05) is 31.0 Å². The molecule has 1 saturated carbocycles. The van der Waals surface area contributed by atoms with E-state index < -0.39 is 0 Å². The Kier molecular flexibility index (Phi) is 4.13. The second-order valence-corrected chi connectivity index (χ2v) is 6.91. The highest BCUT2D eigenvalue weighted by atomic mass is 16.3.